The molecule has 4 heteroatoms. The molecule has 0 aromatic heterocycles. The molecule has 0 bridgehead atoms. The topological polar surface area (TPSA) is 56.5 Å². The molecule has 0 aliphatic heterocycles. The summed E-state index contributed by atoms with van der Waals surface area (Å²) in [5.41, 5.74) is 2.11. The Bertz CT molecular complexity index is 849. The quantitative estimate of drug-likeness (QED) is 0.580. The van der Waals surface area contributed by atoms with Gasteiger partial charge in [0, 0.05) is 36.8 Å². The van der Waals surface area contributed by atoms with Crippen LogP contribution >= 0.6 is 0 Å². The zero-order valence-corrected chi connectivity index (χ0v) is 14.8. The van der Waals surface area contributed by atoms with Gasteiger partial charge in [-0.15, -0.1) is 0 Å². The van der Waals surface area contributed by atoms with Crippen molar-refractivity contribution in [2.24, 2.45) is 0 Å². The van der Waals surface area contributed by atoms with Crippen LogP contribution in [0.4, 0.5) is 0 Å². The maximum atomic E-state index is 9.33. The molecule has 2 N–H and O–H groups in total. The van der Waals surface area contributed by atoms with Crippen LogP contribution in [-0.2, 0) is 6.54 Å². The van der Waals surface area contributed by atoms with E-state index in [0.29, 0.717) is 13.2 Å². The number of hydrogen-bond donors (Lipinski definition) is 2. The van der Waals surface area contributed by atoms with Crippen molar-refractivity contribution >= 4 is 17.0 Å². The van der Waals surface area contributed by atoms with E-state index >= 15 is 0 Å². The summed E-state index contributed by atoms with van der Waals surface area (Å²) in [4.78, 5) is 2.18. The Morgan fingerprint density at radius 1 is 0.885 bits per heavy atom. The Hall–Kier alpha value is -2.69. The normalized spacial score (nSPS) is 11.0. The lowest BCUT2D eigenvalue weighted by Crippen LogP contribution is -2.30. The second-order valence-electron chi connectivity index (χ2n) is 6.18. The van der Waals surface area contributed by atoms with Crippen LogP contribution in [0, 0.1) is 5.41 Å². The summed E-state index contributed by atoms with van der Waals surface area (Å²) in [6.45, 7) is 2.81. The predicted molar refractivity (Wildman–Crippen MR) is 106 cm³/mol. The fourth-order valence-electron chi connectivity index (χ4n) is 3.08. The zero-order chi connectivity index (χ0) is 18.2. The summed E-state index contributed by atoms with van der Waals surface area (Å²) in [7, 11) is 0. The molecule has 0 fully saturated rings. The standard InChI is InChI=1S/C22H24N2O2/c23-16-19-10-11-22(21-9-5-4-8-20(19)21)26-15-13-24(12-14-25)17-18-6-2-1-3-7-18/h1-11,16,23,25H,12-15,17H2. The monoisotopic (exact) mass is 348 g/mol. The Labute approximate surface area is 154 Å². The Morgan fingerprint density at radius 2 is 1.62 bits per heavy atom. The fraction of sp³-hybridized carbons (Fsp3) is 0.227. The summed E-state index contributed by atoms with van der Waals surface area (Å²) >= 11 is 0. The van der Waals surface area contributed by atoms with Gasteiger partial charge in [-0.25, -0.2) is 0 Å². The molecule has 3 aromatic rings. The van der Waals surface area contributed by atoms with Gasteiger partial charge in [0.2, 0.25) is 0 Å². The third kappa shape index (κ3) is 4.48. The third-order valence-electron chi connectivity index (χ3n) is 4.40. The van der Waals surface area contributed by atoms with Crippen molar-refractivity contribution in [2.45, 2.75) is 6.54 Å². The van der Waals surface area contributed by atoms with Gasteiger partial charge in [0.1, 0.15) is 12.4 Å². The average Bonchev–Trinajstić information content (AvgIpc) is 2.69. The van der Waals surface area contributed by atoms with Crippen molar-refractivity contribution < 1.29 is 9.84 Å². The number of aliphatic hydroxyl groups excluding tert-OH is 1. The number of aliphatic hydroxyl groups is 1. The van der Waals surface area contributed by atoms with Crippen LogP contribution in [0.3, 0.4) is 0 Å². The lowest BCUT2D eigenvalue weighted by Gasteiger charge is -2.22. The summed E-state index contributed by atoms with van der Waals surface area (Å²) in [5, 5.41) is 18.9. The minimum absolute atomic E-state index is 0.129. The van der Waals surface area contributed by atoms with Gasteiger partial charge in [-0.05, 0) is 23.1 Å². The highest BCUT2D eigenvalue weighted by molar-refractivity contribution is 6.01. The molecule has 0 spiro atoms. The number of hydrogen-bond acceptors (Lipinski definition) is 4. The summed E-state index contributed by atoms with van der Waals surface area (Å²) in [6, 6.07) is 22.1. The molecule has 0 saturated heterocycles. The fourth-order valence-corrected chi connectivity index (χ4v) is 3.08. The maximum absolute atomic E-state index is 9.33. The number of rotatable bonds is 9. The Kier molecular flexibility index (Phi) is 6.36. The number of nitrogens with zero attached hydrogens (tertiary/aromatic N) is 1. The van der Waals surface area contributed by atoms with E-state index in [2.05, 4.69) is 17.0 Å². The number of ether oxygens (including phenoxy) is 1. The molecule has 0 aliphatic rings. The third-order valence-corrected chi connectivity index (χ3v) is 4.40. The van der Waals surface area contributed by atoms with E-state index in [1.807, 2.05) is 54.6 Å². The van der Waals surface area contributed by atoms with E-state index in [9.17, 15) is 5.11 Å². The molecule has 0 radical (unpaired) electrons. The van der Waals surface area contributed by atoms with Crippen molar-refractivity contribution in [1.82, 2.24) is 4.90 Å². The molecule has 0 atom stereocenters. The van der Waals surface area contributed by atoms with Crippen LogP contribution < -0.4 is 4.74 Å². The van der Waals surface area contributed by atoms with Crippen molar-refractivity contribution in [3.63, 3.8) is 0 Å². The summed E-state index contributed by atoms with van der Waals surface area (Å²) in [6.07, 6.45) is 1.37. The second kappa shape index (κ2) is 9.13. The molecule has 4 nitrogen and oxygen atoms in total. The highest BCUT2D eigenvalue weighted by Gasteiger charge is 2.08. The van der Waals surface area contributed by atoms with Crippen LogP contribution in [-0.4, -0.2) is 42.5 Å². The number of fused-ring (bicyclic) bond motifs is 1. The van der Waals surface area contributed by atoms with Crippen LogP contribution in [0.1, 0.15) is 11.1 Å². The molecule has 0 aliphatic carbocycles. The van der Waals surface area contributed by atoms with Gasteiger partial charge in [-0.3, -0.25) is 4.90 Å². The molecule has 3 rings (SSSR count). The number of nitrogens with one attached hydrogen (secondary N) is 1. The highest BCUT2D eigenvalue weighted by Crippen LogP contribution is 2.27. The number of benzene rings is 3. The molecule has 0 saturated carbocycles. The van der Waals surface area contributed by atoms with E-state index in [1.165, 1.54) is 11.8 Å². The smallest absolute Gasteiger partial charge is 0.127 e. The summed E-state index contributed by atoms with van der Waals surface area (Å²) < 4.78 is 6.03. The first-order valence-electron chi connectivity index (χ1n) is 8.84. The SMILES string of the molecule is N=Cc1ccc(OCCN(CCO)Cc2ccccc2)c2ccccc12. The molecule has 26 heavy (non-hydrogen) atoms. The van der Waals surface area contributed by atoms with Crippen LogP contribution in [0.2, 0.25) is 0 Å². The van der Waals surface area contributed by atoms with Gasteiger partial charge in [0.25, 0.3) is 0 Å². The van der Waals surface area contributed by atoms with E-state index < -0.39 is 0 Å². The van der Waals surface area contributed by atoms with Gasteiger partial charge in [-0.2, -0.15) is 0 Å². The van der Waals surface area contributed by atoms with Gasteiger partial charge >= 0.3 is 0 Å². The molecule has 3 aromatic carbocycles. The molecule has 0 amide bonds. The molecular formula is C22H24N2O2. The van der Waals surface area contributed by atoms with E-state index in [4.69, 9.17) is 10.1 Å². The van der Waals surface area contributed by atoms with E-state index in [1.54, 1.807) is 0 Å². The maximum Gasteiger partial charge on any atom is 0.127 e. The van der Waals surface area contributed by atoms with Gasteiger partial charge in [-0.1, -0.05) is 54.6 Å². The predicted octanol–water partition coefficient (Wildman–Crippen LogP) is 3.71. The minimum Gasteiger partial charge on any atom is -0.492 e. The first-order valence-corrected chi connectivity index (χ1v) is 8.84. The summed E-state index contributed by atoms with van der Waals surface area (Å²) in [5.74, 6) is 0.829. The van der Waals surface area contributed by atoms with Crippen molar-refractivity contribution in [2.75, 3.05) is 26.3 Å². The first-order chi connectivity index (χ1) is 12.8. The van der Waals surface area contributed by atoms with E-state index in [-0.39, 0.29) is 6.61 Å². The molecular weight excluding hydrogens is 324 g/mol. The zero-order valence-electron chi connectivity index (χ0n) is 14.8. The van der Waals surface area contributed by atoms with Gasteiger partial charge < -0.3 is 15.3 Å². The van der Waals surface area contributed by atoms with Crippen molar-refractivity contribution in [1.29, 1.82) is 5.41 Å². The van der Waals surface area contributed by atoms with Crippen molar-refractivity contribution in [3.8, 4) is 5.75 Å². The Morgan fingerprint density at radius 3 is 2.35 bits per heavy atom. The molecule has 0 heterocycles. The average molecular weight is 348 g/mol. The van der Waals surface area contributed by atoms with Gasteiger partial charge in [0.05, 0.1) is 6.61 Å². The van der Waals surface area contributed by atoms with Crippen molar-refractivity contribution in [3.05, 3.63) is 77.9 Å². The van der Waals surface area contributed by atoms with Gasteiger partial charge in [0.15, 0.2) is 0 Å². The Balaban J connectivity index is 1.66. The van der Waals surface area contributed by atoms with E-state index in [0.717, 1.165) is 35.2 Å². The lowest BCUT2D eigenvalue weighted by molar-refractivity contribution is 0.163. The first kappa shape index (κ1) is 18.1. The van der Waals surface area contributed by atoms with Crippen LogP contribution in [0.25, 0.3) is 10.8 Å². The van der Waals surface area contributed by atoms with Crippen LogP contribution in [0.15, 0.2) is 66.7 Å². The largest absolute Gasteiger partial charge is 0.492 e. The molecule has 134 valence electrons. The second-order valence-corrected chi connectivity index (χ2v) is 6.18. The lowest BCUT2D eigenvalue weighted by atomic mass is 10.0. The highest BCUT2D eigenvalue weighted by atomic mass is 16.5. The molecule has 0 unspecified atom stereocenters. The van der Waals surface area contributed by atoms with Crippen LogP contribution in [0.5, 0.6) is 5.75 Å². The minimum atomic E-state index is 0.129.